The second-order valence-corrected chi connectivity index (χ2v) is 5.67. The fourth-order valence-electron chi connectivity index (χ4n) is 2.71. The Morgan fingerprint density at radius 2 is 1.89 bits per heavy atom. The second-order valence-electron chi connectivity index (χ2n) is 5.67. The zero-order valence-corrected chi connectivity index (χ0v) is 12.2. The number of carboxylic acid groups (broad SMARTS) is 1. The van der Waals surface area contributed by atoms with Crippen molar-refractivity contribution in [1.82, 2.24) is 10.2 Å². The Hall–Kier alpha value is -1.26. The Kier molecular flexibility index (Phi) is 6.12. The third-order valence-electron chi connectivity index (χ3n) is 3.89. The number of hydrogen-bond acceptors (Lipinski definition) is 2. The topological polar surface area (TPSA) is 69.6 Å². The van der Waals surface area contributed by atoms with Crippen molar-refractivity contribution in [2.24, 2.45) is 5.92 Å². The molecule has 5 heteroatoms. The molecule has 1 fully saturated rings. The third-order valence-corrected chi connectivity index (χ3v) is 3.89. The van der Waals surface area contributed by atoms with Crippen LogP contribution in [0.3, 0.4) is 0 Å². The van der Waals surface area contributed by atoms with E-state index in [1.165, 1.54) is 4.90 Å². The second kappa shape index (κ2) is 7.36. The molecule has 1 aliphatic carbocycles. The molecule has 2 amide bonds. The van der Waals surface area contributed by atoms with Crippen molar-refractivity contribution in [3.63, 3.8) is 0 Å². The van der Waals surface area contributed by atoms with Crippen LogP contribution in [0.15, 0.2) is 0 Å². The van der Waals surface area contributed by atoms with E-state index in [1.807, 2.05) is 6.92 Å². The van der Waals surface area contributed by atoms with Gasteiger partial charge in [0, 0.05) is 12.1 Å². The van der Waals surface area contributed by atoms with E-state index in [9.17, 15) is 9.59 Å². The first-order chi connectivity index (χ1) is 8.95. The van der Waals surface area contributed by atoms with Gasteiger partial charge in [0.1, 0.15) is 6.54 Å². The number of rotatable bonds is 6. The average molecular weight is 270 g/mol. The molecule has 0 heterocycles. The van der Waals surface area contributed by atoms with Gasteiger partial charge in [-0.05, 0) is 25.2 Å². The van der Waals surface area contributed by atoms with Gasteiger partial charge in [-0.1, -0.05) is 33.6 Å². The minimum absolute atomic E-state index is 0.0840. The van der Waals surface area contributed by atoms with Crippen LogP contribution in [-0.4, -0.2) is 40.6 Å². The maximum atomic E-state index is 12.3. The molecular formula is C14H26N2O3. The summed E-state index contributed by atoms with van der Waals surface area (Å²) in [6.07, 6.45) is 4.85. The summed E-state index contributed by atoms with van der Waals surface area (Å²) in [5.41, 5.74) is 0. The monoisotopic (exact) mass is 270 g/mol. The summed E-state index contributed by atoms with van der Waals surface area (Å²) >= 11 is 0. The number of aliphatic carboxylic acids is 1. The summed E-state index contributed by atoms with van der Waals surface area (Å²) < 4.78 is 0. The molecule has 110 valence electrons. The largest absolute Gasteiger partial charge is 0.480 e. The number of carbonyl (C=O) groups is 2. The first-order valence-electron chi connectivity index (χ1n) is 7.24. The van der Waals surface area contributed by atoms with E-state index >= 15 is 0 Å². The Morgan fingerprint density at radius 3 is 2.32 bits per heavy atom. The summed E-state index contributed by atoms with van der Waals surface area (Å²) in [7, 11) is 0. The van der Waals surface area contributed by atoms with Gasteiger partial charge in [0.25, 0.3) is 0 Å². The normalized spacial score (nSPS) is 17.5. The zero-order chi connectivity index (χ0) is 14.4. The molecule has 1 aliphatic rings. The van der Waals surface area contributed by atoms with E-state index in [2.05, 4.69) is 19.2 Å². The summed E-state index contributed by atoms with van der Waals surface area (Å²) in [6.45, 7) is 5.95. The highest BCUT2D eigenvalue weighted by Crippen LogP contribution is 2.23. The number of nitrogens with zero attached hydrogens (tertiary/aromatic N) is 1. The number of nitrogens with one attached hydrogen (secondary N) is 1. The van der Waals surface area contributed by atoms with Gasteiger partial charge < -0.3 is 15.3 Å². The third kappa shape index (κ3) is 4.73. The molecule has 0 aliphatic heterocycles. The van der Waals surface area contributed by atoms with E-state index in [4.69, 9.17) is 5.11 Å². The van der Waals surface area contributed by atoms with Crippen molar-refractivity contribution in [3.05, 3.63) is 0 Å². The minimum atomic E-state index is -0.945. The van der Waals surface area contributed by atoms with Crippen molar-refractivity contribution in [3.8, 4) is 0 Å². The van der Waals surface area contributed by atoms with Gasteiger partial charge in [-0.25, -0.2) is 4.79 Å². The van der Waals surface area contributed by atoms with Crippen LogP contribution in [0.2, 0.25) is 0 Å². The van der Waals surface area contributed by atoms with Crippen LogP contribution in [0.1, 0.15) is 52.9 Å². The molecule has 19 heavy (non-hydrogen) atoms. The van der Waals surface area contributed by atoms with Crippen molar-refractivity contribution in [2.45, 2.75) is 65.0 Å². The average Bonchev–Trinajstić information content (AvgIpc) is 2.85. The fraction of sp³-hybridized carbons (Fsp3) is 0.857. The Labute approximate surface area is 115 Å². The van der Waals surface area contributed by atoms with Gasteiger partial charge in [0.15, 0.2) is 0 Å². The number of urea groups is 1. The predicted octanol–water partition coefficient (Wildman–Crippen LogP) is 2.46. The zero-order valence-electron chi connectivity index (χ0n) is 12.2. The molecule has 0 aromatic carbocycles. The van der Waals surface area contributed by atoms with Crippen LogP contribution >= 0.6 is 0 Å². The lowest BCUT2D eigenvalue weighted by molar-refractivity contribution is -0.138. The van der Waals surface area contributed by atoms with Crippen LogP contribution in [0, 0.1) is 5.92 Å². The minimum Gasteiger partial charge on any atom is -0.480 e. The first kappa shape index (κ1) is 15.8. The Morgan fingerprint density at radius 1 is 1.32 bits per heavy atom. The van der Waals surface area contributed by atoms with Crippen molar-refractivity contribution in [2.75, 3.05) is 6.54 Å². The lowest BCUT2D eigenvalue weighted by Gasteiger charge is -2.30. The molecule has 0 aromatic rings. The lowest BCUT2D eigenvalue weighted by atomic mass is 10.0. The van der Waals surface area contributed by atoms with Crippen LogP contribution in [0.4, 0.5) is 4.79 Å². The molecule has 1 unspecified atom stereocenters. The van der Waals surface area contributed by atoms with Gasteiger partial charge in [-0.15, -0.1) is 0 Å². The van der Waals surface area contributed by atoms with Gasteiger partial charge in [-0.3, -0.25) is 4.79 Å². The number of carboxylic acids is 1. The maximum absolute atomic E-state index is 12.3. The highest BCUT2D eigenvalue weighted by Gasteiger charge is 2.29. The molecule has 0 radical (unpaired) electrons. The molecule has 1 rings (SSSR count). The number of carbonyl (C=O) groups excluding carboxylic acids is 1. The molecule has 0 bridgehead atoms. The molecule has 0 aromatic heterocycles. The van der Waals surface area contributed by atoms with E-state index in [0.29, 0.717) is 5.92 Å². The molecule has 1 atom stereocenters. The summed E-state index contributed by atoms with van der Waals surface area (Å²) in [6, 6.07) is -0.0409. The summed E-state index contributed by atoms with van der Waals surface area (Å²) in [5.74, 6) is -0.594. The highest BCUT2D eigenvalue weighted by atomic mass is 16.4. The Bertz CT molecular complexity index is 312. The smallest absolute Gasteiger partial charge is 0.323 e. The fourth-order valence-corrected chi connectivity index (χ4v) is 2.71. The van der Waals surface area contributed by atoms with Crippen LogP contribution in [0.5, 0.6) is 0 Å². The van der Waals surface area contributed by atoms with E-state index in [-0.39, 0.29) is 24.7 Å². The van der Waals surface area contributed by atoms with Crippen LogP contribution < -0.4 is 5.32 Å². The quantitative estimate of drug-likeness (QED) is 0.779. The lowest BCUT2D eigenvalue weighted by Crippen LogP contribution is -2.51. The molecule has 0 spiro atoms. The van der Waals surface area contributed by atoms with Gasteiger partial charge in [-0.2, -0.15) is 0 Å². The van der Waals surface area contributed by atoms with Crippen molar-refractivity contribution >= 4 is 12.0 Å². The van der Waals surface area contributed by atoms with Gasteiger partial charge in [0.2, 0.25) is 0 Å². The van der Waals surface area contributed by atoms with E-state index < -0.39 is 5.97 Å². The number of hydrogen-bond donors (Lipinski definition) is 2. The molecule has 1 saturated carbocycles. The van der Waals surface area contributed by atoms with Crippen molar-refractivity contribution < 1.29 is 14.7 Å². The van der Waals surface area contributed by atoms with Crippen LogP contribution in [-0.2, 0) is 4.79 Å². The summed E-state index contributed by atoms with van der Waals surface area (Å²) in [5, 5.41) is 11.9. The van der Waals surface area contributed by atoms with Gasteiger partial charge in [0.05, 0.1) is 0 Å². The molecule has 5 nitrogen and oxygen atoms in total. The maximum Gasteiger partial charge on any atom is 0.323 e. The predicted molar refractivity (Wildman–Crippen MR) is 74.0 cm³/mol. The molecule has 2 N–H and O–H groups in total. The summed E-state index contributed by atoms with van der Waals surface area (Å²) in [4.78, 5) is 24.7. The van der Waals surface area contributed by atoms with Crippen molar-refractivity contribution in [1.29, 1.82) is 0 Å². The highest BCUT2D eigenvalue weighted by molar-refractivity contribution is 5.80. The van der Waals surface area contributed by atoms with Crippen LogP contribution in [0.25, 0.3) is 0 Å². The standard InChI is InChI=1S/C14H26N2O3/c1-4-12(10(2)3)15-14(19)16(9-13(17)18)11-7-5-6-8-11/h10-12H,4-9H2,1-3H3,(H,15,19)(H,17,18). The van der Waals surface area contributed by atoms with E-state index in [0.717, 1.165) is 32.1 Å². The SMILES string of the molecule is CCC(NC(=O)N(CC(=O)O)C1CCCC1)C(C)C. The number of amides is 2. The molecular weight excluding hydrogens is 244 g/mol. The first-order valence-corrected chi connectivity index (χ1v) is 7.24. The van der Waals surface area contributed by atoms with E-state index in [1.54, 1.807) is 0 Å². The Balaban J connectivity index is 2.67. The molecule has 0 saturated heterocycles. The van der Waals surface area contributed by atoms with Gasteiger partial charge >= 0.3 is 12.0 Å².